The van der Waals surface area contributed by atoms with Crippen LogP contribution in [0.25, 0.3) is 0 Å². The molecule has 0 radical (unpaired) electrons. The van der Waals surface area contributed by atoms with Crippen molar-refractivity contribution in [1.82, 2.24) is 9.80 Å². The number of rotatable bonds is 4. The molecule has 2 fully saturated rings. The minimum atomic E-state index is -4.93. The van der Waals surface area contributed by atoms with Crippen LogP contribution in [0, 0.1) is 20.5 Å². The lowest BCUT2D eigenvalue weighted by atomic mass is 10.4. The van der Waals surface area contributed by atoms with Gasteiger partial charge in [-0.25, -0.2) is 4.90 Å². The monoisotopic (exact) mass is 294 g/mol. The molecule has 2 heterocycles. The van der Waals surface area contributed by atoms with Gasteiger partial charge in [-0.1, -0.05) is 0 Å². The summed E-state index contributed by atoms with van der Waals surface area (Å²) in [5.41, 5.74) is 0. The molecule has 0 aromatic heterocycles. The first-order chi connectivity index (χ1) is 7.60. The Hall–Kier alpha value is 0.180. The van der Waals surface area contributed by atoms with E-state index in [-0.39, 0.29) is 19.8 Å². The van der Waals surface area contributed by atoms with Crippen LogP contribution in [-0.2, 0) is 8.58 Å². The molecule has 0 aromatic rings. The minimum Gasteiger partial charge on any atom is -0.281 e. The zero-order valence-electron chi connectivity index (χ0n) is 8.24. The predicted molar refractivity (Wildman–Crippen MR) is 28.0 cm³/mol. The number of hydrogen-bond donors (Lipinski definition) is 0. The van der Waals surface area contributed by atoms with Gasteiger partial charge in [-0.3, -0.25) is 4.90 Å². The number of halogens is 2. The van der Waals surface area contributed by atoms with Gasteiger partial charge < -0.3 is 0 Å². The fourth-order valence-electron chi connectivity index (χ4n) is 1.89. The van der Waals surface area contributed by atoms with Crippen LogP contribution < -0.4 is 28.0 Å². The molecule has 2 aliphatic heterocycles. The molecule has 12 heteroatoms. The predicted octanol–water partition coefficient (Wildman–Crippen LogP) is -7.94. The van der Waals surface area contributed by atoms with E-state index in [0.29, 0.717) is 6.54 Å². The smallest absolute Gasteiger partial charge is 0.281 e. The Morgan fingerprint density at radius 3 is 1.71 bits per heavy atom. The van der Waals surface area contributed by atoms with Gasteiger partial charge in [0.1, 0.15) is 15.1 Å². The number of nitrogens with zero attached hydrogens (tertiary/aromatic N) is 2. The van der Waals surface area contributed by atoms with E-state index in [9.17, 15) is 28.0 Å². The van der Waals surface area contributed by atoms with E-state index < -0.39 is 26.4 Å². The van der Waals surface area contributed by atoms with Crippen molar-refractivity contribution in [3.63, 3.8) is 0 Å². The Labute approximate surface area is 99.6 Å². The first kappa shape index (κ1) is 13.6. The summed E-state index contributed by atoms with van der Waals surface area (Å²) < 4.78 is 71.3. The Morgan fingerprint density at radius 1 is 0.882 bits per heavy atom. The van der Waals surface area contributed by atoms with Gasteiger partial charge in [-0.05, 0) is 0 Å². The lowest BCUT2D eigenvalue weighted by molar-refractivity contribution is -1.94. The molecular formula is C5H8Cl2N2O8. The summed E-state index contributed by atoms with van der Waals surface area (Å²) in [5, 5.41) is 0. The molecule has 0 N–H and O–H groups in total. The molecule has 0 amide bonds. The largest absolute Gasteiger partial charge is 0.539 e. The van der Waals surface area contributed by atoms with Crippen molar-refractivity contribution in [2.24, 2.45) is 0 Å². The normalized spacial score (nSPS) is 32.1. The Balaban J connectivity index is 2.18. The van der Waals surface area contributed by atoms with Crippen LogP contribution in [0.5, 0.6) is 0 Å². The van der Waals surface area contributed by atoms with Crippen LogP contribution in [0.2, 0.25) is 0 Å². The molecule has 2 bridgehead atoms. The van der Waals surface area contributed by atoms with Crippen molar-refractivity contribution in [2.45, 2.75) is 5.91 Å². The van der Waals surface area contributed by atoms with Crippen LogP contribution >= 0.6 is 0 Å². The number of fused-ring (bicyclic) bond motifs is 2. The summed E-state index contributed by atoms with van der Waals surface area (Å²) in [4.78, 5) is 2.71. The maximum atomic E-state index is 10.5. The minimum absolute atomic E-state index is 0.149. The number of piperazine rings is 1. The van der Waals surface area contributed by atoms with Gasteiger partial charge in [-0.15, -0.1) is 0 Å². The maximum Gasteiger partial charge on any atom is 0.539 e. The van der Waals surface area contributed by atoms with Gasteiger partial charge in [0, 0.05) is 13.1 Å². The summed E-state index contributed by atoms with van der Waals surface area (Å²) in [7, 11) is -9.85. The van der Waals surface area contributed by atoms with E-state index in [1.807, 2.05) is 0 Å². The summed E-state index contributed by atoms with van der Waals surface area (Å²) in [6, 6.07) is 0. The first-order valence-corrected chi connectivity index (χ1v) is 6.77. The summed E-state index contributed by atoms with van der Waals surface area (Å²) in [5.74, 6) is -2.39. The number of hydrogen-bond acceptors (Lipinski definition) is 10. The molecule has 2 aliphatic rings. The fourth-order valence-corrected chi connectivity index (χ4v) is 2.87. The maximum absolute atomic E-state index is 10.5. The van der Waals surface area contributed by atoms with Crippen molar-refractivity contribution < 1.29 is 57.0 Å². The van der Waals surface area contributed by atoms with E-state index in [2.05, 4.69) is 8.58 Å². The molecular weight excluding hydrogens is 287 g/mol. The molecule has 10 nitrogen and oxygen atoms in total. The molecule has 0 aromatic carbocycles. The Morgan fingerprint density at radius 2 is 1.41 bits per heavy atom. The zero-order valence-corrected chi connectivity index (χ0v) is 9.76. The van der Waals surface area contributed by atoms with Gasteiger partial charge in [0.25, 0.3) is 0 Å². The molecule has 100 valence electrons. The summed E-state index contributed by atoms with van der Waals surface area (Å²) in [6.07, 6.45) is 0. The highest BCUT2D eigenvalue weighted by Gasteiger charge is 2.71. The van der Waals surface area contributed by atoms with E-state index in [4.69, 9.17) is 0 Å². The van der Waals surface area contributed by atoms with E-state index in [0.717, 1.165) is 4.90 Å². The first-order valence-electron chi connectivity index (χ1n) is 4.30. The fraction of sp³-hybridized carbons (Fsp3) is 1.00. The third-order valence-corrected chi connectivity index (χ3v) is 3.25. The van der Waals surface area contributed by atoms with Crippen molar-refractivity contribution in [3.05, 3.63) is 0 Å². The SMILES string of the molecule is [O-][Cl+3]([O-])([O-])OC1(O[Cl+3]([O-])([O-])[O-])CN2CCN1C2. The van der Waals surface area contributed by atoms with Gasteiger partial charge in [-0.2, -0.15) is 28.0 Å². The Kier molecular flexibility index (Phi) is 3.28. The van der Waals surface area contributed by atoms with Gasteiger partial charge >= 0.3 is 5.91 Å². The van der Waals surface area contributed by atoms with Crippen LogP contribution in [0.1, 0.15) is 0 Å². The second-order valence-electron chi connectivity index (χ2n) is 3.58. The second-order valence-corrected chi connectivity index (χ2v) is 5.40. The van der Waals surface area contributed by atoms with Gasteiger partial charge in [0.15, 0.2) is 0 Å². The lowest BCUT2D eigenvalue weighted by Gasteiger charge is -2.29. The summed E-state index contributed by atoms with van der Waals surface area (Å²) in [6.45, 7) is 0.572. The standard InChI is InChI=1S/C5H8Cl2N2O8/c10-6(11,12)16-5(17-7(13,14)15)3-8-1-2-9(5)4-8/h1-4H2. The van der Waals surface area contributed by atoms with Crippen LogP contribution in [0.3, 0.4) is 0 Å². The van der Waals surface area contributed by atoms with Crippen LogP contribution in [-0.4, -0.2) is 42.0 Å². The van der Waals surface area contributed by atoms with E-state index >= 15 is 0 Å². The lowest BCUT2D eigenvalue weighted by Crippen LogP contribution is -2.73. The van der Waals surface area contributed by atoms with Crippen LogP contribution in [0.15, 0.2) is 0 Å². The van der Waals surface area contributed by atoms with Gasteiger partial charge in [0.2, 0.25) is 0 Å². The Bertz CT molecular complexity index is 287. The highest BCUT2D eigenvalue weighted by atomic mass is 35.7. The summed E-state index contributed by atoms with van der Waals surface area (Å²) >= 11 is 0. The average molecular weight is 295 g/mol. The van der Waals surface area contributed by atoms with Crippen molar-refractivity contribution in [1.29, 1.82) is 0 Å². The van der Waals surface area contributed by atoms with Gasteiger partial charge in [0.05, 0.1) is 27.2 Å². The molecule has 17 heavy (non-hydrogen) atoms. The highest BCUT2D eigenvalue weighted by molar-refractivity contribution is 4.88. The molecule has 2 unspecified atom stereocenters. The molecule has 2 saturated heterocycles. The highest BCUT2D eigenvalue weighted by Crippen LogP contribution is 2.34. The van der Waals surface area contributed by atoms with Crippen LogP contribution in [0.4, 0.5) is 0 Å². The molecule has 2 rings (SSSR count). The third kappa shape index (κ3) is 3.14. The van der Waals surface area contributed by atoms with E-state index in [1.54, 1.807) is 4.90 Å². The topological polar surface area (TPSA) is 163 Å². The molecule has 2 atom stereocenters. The van der Waals surface area contributed by atoms with E-state index in [1.165, 1.54) is 0 Å². The van der Waals surface area contributed by atoms with Crippen molar-refractivity contribution in [3.8, 4) is 0 Å². The quantitative estimate of drug-likeness (QED) is 0.455. The molecule has 0 spiro atoms. The zero-order chi connectivity index (χ0) is 12.9. The molecule has 0 aliphatic carbocycles. The average Bonchev–Trinajstić information content (AvgIpc) is 2.54. The van der Waals surface area contributed by atoms with Crippen molar-refractivity contribution >= 4 is 0 Å². The second kappa shape index (κ2) is 4.09. The third-order valence-electron chi connectivity index (χ3n) is 2.39. The molecule has 0 saturated carbocycles. The van der Waals surface area contributed by atoms with Crippen molar-refractivity contribution in [2.75, 3.05) is 26.3 Å².